The number of aromatic nitrogens is 2. The summed E-state index contributed by atoms with van der Waals surface area (Å²) in [6.07, 6.45) is 4.79. The van der Waals surface area contributed by atoms with E-state index in [1.54, 1.807) is 24.2 Å². The van der Waals surface area contributed by atoms with E-state index in [0.717, 1.165) is 49.0 Å². The molecule has 2 amide bonds. The first-order chi connectivity index (χ1) is 21.0. The van der Waals surface area contributed by atoms with Crippen molar-refractivity contribution in [1.29, 1.82) is 0 Å². The van der Waals surface area contributed by atoms with Crippen molar-refractivity contribution < 1.29 is 28.2 Å². The summed E-state index contributed by atoms with van der Waals surface area (Å²) in [7, 11) is 0. The largest absolute Gasteiger partial charge is 0.464 e. The van der Waals surface area contributed by atoms with E-state index < -0.39 is 29.3 Å². The van der Waals surface area contributed by atoms with Crippen LogP contribution in [0.4, 0.5) is 9.18 Å². The zero-order valence-electron chi connectivity index (χ0n) is 25.8. The van der Waals surface area contributed by atoms with Crippen LogP contribution in [0.1, 0.15) is 91.8 Å². The molecule has 6 rings (SSSR count). The fraction of sp³-hybridized carbons (Fsp3) is 0.471. The van der Waals surface area contributed by atoms with Crippen LogP contribution in [0.15, 0.2) is 42.7 Å². The lowest BCUT2D eigenvalue weighted by molar-refractivity contribution is -0.149. The number of ether oxygens (including phenoxy) is 2. The average molecular weight is 603 g/mol. The molecule has 1 fully saturated rings. The Morgan fingerprint density at radius 2 is 1.80 bits per heavy atom. The smallest absolute Gasteiger partial charge is 0.410 e. The van der Waals surface area contributed by atoms with Crippen LogP contribution in [0.3, 0.4) is 0 Å². The highest BCUT2D eigenvalue weighted by Crippen LogP contribution is 2.38. The number of carbonyl (C=O) groups excluding carboxylic acids is 3. The summed E-state index contributed by atoms with van der Waals surface area (Å²) in [5.41, 5.74) is 3.98. The van der Waals surface area contributed by atoms with E-state index in [4.69, 9.17) is 9.47 Å². The van der Waals surface area contributed by atoms with Crippen molar-refractivity contribution in [3.05, 3.63) is 76.6 Å². The molecule has 232 valence electrons. The van der Waals surface area contributed by atoms with Gasteiger partial charge in [-0.3, -0.25) is 4.79 Å². The summed E-state index contributed by atoms with van der Waals surface area (Å²) in [5.74, 6) is -1.15. The molecule has 0 bridgehead atoms. The number of carbonyl (C=O) groups is 3. The maximum Gasteiger partial charge on any atom is 0.410 e. The van der Waals surface area contributed by atoms with Crippen molar-refractivity contribution >= 4 is 18.0 Å². The number of likely N-dealkylation sites (tertiary alicyclic amines) is 1. The van der Waals surface area contributed by atoms with E-state index in [9.17, 15) is 14.4 Å². The van der Waals surface area contributed by atoms with Crippen molar-refractivity contribution in [2.24, 2.45) is 0 Å². The predicted molar refractivity (Wildman–Crippen MR) is 161 cm³/mol. The number of amides is 2. The summed E-state index contributed by atoms with van der Waals surface area (Å²) < 4.78 is 28.5. The number of fused-ring (bicyclic) bond motifs is 2. The molecule has 1 unspecified atom stereocenters. The lowest BCUT2D eigenvalue weighted by atomic mass is 9.88. The zero-order chi connectivity index (χ0) is 31.2. The van der Waals surface area contributed by atoms with Crippen molar-refractivity contribution in [2.45, 2.75) is 84.0 Å². The van der Waals surface area contributed by atoms with Gasteiger partial charge in [-0.1, -0.05) is 24.3 Å². The van der Waals surface area contributed by atoms with Crippen LogP contribution >= 0.6 is 0 Å². The topological polar surface area (TPSA) is 94.0 Å². The minimum absolute atomic E-state index is 0.0308. The highest BCUT2D eigenvalue weighted by molar-refractivity contribution is 6.02. The first-order valence-electron chi connectivity index (χ1n) is 15.5. The quantitative estimate of drug-likeness (QED) is 0.321. The summed E-state index contributed by atoms with van der Waals surface area (Å²) in [6, 6.07) is 10.1. The molecular formula is C34H39FN4O5. The molecule has 0 spiro atoms. The van der Waals surface area contributed by atoms with Gasteiger partial charge in [0.25, 0.3) is 5.91 Å². The maximum atomic E-state index is 15.6. The Kier molecular flexibility index (Phi) is 7.94. The highest BCUT2D eigenvalue weighted by atomic mass is 19.1. The van der Waals surface area contributed by atoms with Crippen molar-refractivity contribution in [3.8, 4) is 11.1 Å². The number of hydrogen-bond donors (Lipinski definition) is 0. The number of benzene rings is 2. The van der Waals surface area contributed by atoms with Gasteiger partial charge < -0.3 is 23.8 Å². The van der Waals surface area contributed by atoms with Gasteiger partial charge >= 0.3 is 12.1 Å². The van der Waals surface area contributed by atoms with Crippen LogP contribution in [-0.4, -0.2) is 62.6 Å². The lowest BCUT2D eigenvalue weighted by Gasteiger charge is -2.33. The second-order valence-electron chi connectivity index (χ2n) is 12.8. The van der Waals surface area contributed by atoms with Crippen LogP contribution in [0, 0.1) is 5.82 Å². The van der Waals surface area contributed by atoms with E-state index in [2.05, 4.69) is 4.98 Å². The van der Waals surface area contributed by atoms with Gasteiger partial charge in [0.15, 0.2) is 6.04 Å². The van der Waals surface area contributed by atoms with Gasteiger partial charge in [-0.25, -0.2) is 19.0 Å². The number of nitrogens with zero attached hydrogens (tertiary/aromatic N) is 4. The number of imidazole rings is 1. The predicted octanol–water partition coefficient (Wildman–Crippen LogP) is 6.01. The number of halogens is 1. The Labute approximate surface area is 256 Å². The van der Waals surface area contributed by atoms with Crippen LogP contribution in [0.5, 0.6) is 0 Å². The van der Waals surface area contributed by atoms with Crippen molar-refractivity contribution in [3.63, 3.8) is 0 Å². The third kappa shape index (κ3) is 5.69. The minimum atomic E-state index is -1.03. The van der Waals surface area contributed by atoms with Gasteiger partial charge in [0.05, 0.1) is 25.2 Å². The fourth-order valence-electron chi connectivity index (χ4n) is 6.57. The molecular weight excluding hydrogens is 563 g/mol. The van der Waals surface area contributed by atoms with E-state index in [0.29, 0.717) is 30.3 Å². The van der Waals surface area contributed by atoms with Gasteiger partial charge in [0.2, 0.25) is 0 Å². The zero-order valence-corrected chi connectivity index (χ0v) is 25.8. The molecule has 10 heteroatoms. The Hall–Kier alpha value is -4.21. The molecule has 0 N–H and O–H groups in total. The Balaban J connectivity index is 1.19. The summed E-state index contributed by atoms with van der Waals surface area (Å²) in [4.78, 5) is 47.0. The lowest BCUT2D eigenvalue weighted by Crippen LogP contribution is -2.41. The molecule has 4 heterocycles. The van der Waals surface area contributed by atoms with E-state index in [1.165, 1.54) is 11.0 Å². The number of piperidine rings is 1. The number of rotatable bonds is 6. The van der Waals surface area contributed by atoms with E-state index in [-0.39, 0.29) is 30.4 Å². The molecule has 3 aromatic rings. The molecule has 3 aliphatic heterocycles. The minimum Gasteiger partial charge on any atom is -0.464 e. The van der Waals surface area contributed by atoms with Crippen molar-refractivity contribution in [1.82, 2.24) is 19.4 Å². The molecule has 9 nitrogen and oxygen atoms in total. The first kappa shape index (κ1) is 29.8. The average Bonchev–Trinajstić information content (AvgIpc) is 3.70. The van der Waals surface area contributed by atoms with Crippen molar-refractivity contribution in [2.75, 3.05) is 19.7 Å². The standard InChI is InChI=1S/C34H39FN4O5/c1-5-43-32(41)30(29-28-7-6-14-38(28)20-36-29)39-19-26-25(31(39)40)17-24(18-27(26)35)22-10-8-21(9-11-22)23-12-15-37(16-13-23)33(42)44-34(2,3)4/h8-11,17-18,20,23,30H,5-7,12-16,19H2,1-4H3. The molecule has 1 atom stereocenters. The second kappa shape index (κ2) is 11.7. The molecule has 1 aromatic heterocycles. The van der Waals surface area contributed by atoms with Crippen LogP contribution in [-0.2, 0) is 33.8 Å². The molecule has 1 saturated heterocycles. The Bertz CT molecular complexity index is 1580. The van der Waals surface area contributed by atoms with Gasteiger partial charge in [-0.2, -0.15) is 0 Å². The highest BCUT2D eigenvalue weighted by Gasteiger charge is 2.42. The first-order valence-corrected chi connectivity index (χ1v) is 15.5. The molecule has 44 heavy (non-hydrogen) atoms. The SMILES string of the molecule is CCOC(=O)C(c1ncn2c1CCC2)N1Cc2c(F)cc(-c3ccc(C4CCN(C(=O)OC(C)(C)C)CC4)cc3)cc2C1=O. The normalized spacial score (nSPS) is 17.4. The van der Waals surface area contributed by atoms with Crippen LogP contribution in [0.25, 0.3) is 11.1 Å². The third-order valence-corrected chi connectivity index (χ3v) is 8.75. The Morgan fingerprint density at radius 3 is 2.48 bits per heavy atom. The molecule has 0 radical (unpaired) electrons. The van der Waals surface area contributed by atoms with Crippen LogP contribution < -0.4 is 0 Å². The molecule has 0 saturated carbocycles. The summed E-state index contributed by atoms with van der Waals surface area (Å²) in [6.45, 7) is 9.52. The molecule has 0 aliphatic carbocycles. The second-order valence-corrected chi connectivity index (χ2v) is 12.8. The monoisotopic (exact) mass is 602 g/mol. The summed E-state index contributed by atoms with van der Waals surface area (Å²) >= 11 is 0. The van der Waals surface area contributed by atoms with Crippen LogP contribution in [0.2, 0.25) is 0 Å². The number of aryl methyl sites for hydroxylation is 1. The molecule has 3 aliphatic rings. The molecule has 2 aromatic carbocycles. The van der Waals surface area contributed by atoms with E-state index in [1.807, 2.05) is 49.6 Å². The van der Waals surface area contributed by atoms with Gasteiger partial charge in [-0.15, -0.1) is 0 Å². The summed E-state index contributed by atoms with van der Waals surface area (Å²) in [5, 5.41) is 0. The van der Waals surface area contributed by atoms with Gasteiger partial charge in [-0.05, 0) is 88.1 Å². The van der Waals surface area contributed by atoms with E-state index >= 15 is 4.39 Å². The fourth-order valence-corrected chi connectivity index (χ4v) is 6.57. The third-order valence-electron chi connectivity index (χ3n) is 8.75. The van der Waals surface area contributed by atoms with Gasteiger partial charge in [0, 0.05) is 36.5 Å². The Morgan fingerprint density at radius 1 is 1.07 bits per heavy atom. The number of hydrogen-bond acceptors (Lipinski definition) is 6. The van der Waals surface area contributed by atoms with Gasteiger partial charge in [0.1, 0.15) is 11.4 Å². The maximum absolute atomic E-state index is 15.6. The number of esters is 1.